The summed E-state index contributed by atoms with van der Waals surface area (Å²) in [7, 11) is 1.92. The predicted molar refractivity (Wildman–Crippen MR) is 103 cm³/mol. The van der Waals surface area contributed by atoms with Crippen molar-refractivity contribution >= 4 is 46.4 Å². The van der Waals surface area contributed by atoms with Crippen molar-refractivity contribution in [1.29, 1.82) is 0 Å². The summed E-state index contributed by atoms with van der Waals surface area (Å²) < 4.78 is 11.1. The van der Waals surface area contributed by atoms with E-state index < -0.39 is 0 Å². The second kappa shape index (κ2) is 8.35. The first-order chi connectivity index (χ1) is 12.4. The number of quaternary nitrogens is 1. The lowest BCUT2D eigenvalue weighted by Gasteiger charge is -2.21. The lowest BCUT2D eigenvalue weighted by atomic mass is 10.2. The van der Waals surface area contributed by atoms with Crippen LogP contribution in [0.25, 0.3) is 0 Å². The van der Waals surface area contributed by atoms with Gasteiger partial charge in [0, 0.05) is 5.56 Å². The Hall–Kier alpha value is -1.66. The Morgan fingerprint density at radius 2 is 1.81 bits per heavy atom. The molecule has 1 aliphatic heterocycles. The number of amides is 1. The van der Waals surface area contributed by atoms with Crippen LogP contribution in [-0.4, -0.2) is 32.7 Å². The van der Waals surface area contributed by atoms with Crippen molar-refractivity contribution < 1.29 is 19.2 Å². The summed E-state index contributed by atoms with van der Waals surface area (Å²) >= 11 is 18.4. The highest BCUT2D eigenvalue weighted by Crippen LogP contribution is 2.38. The Morgan fingerprint density at radius 3 is 2.54 bits per heavy atom. The third-order valence-corrected chi connectivity index (χ3v) is 4.76. The quantitative estimate of drug-likeness (QED) is 0.788. The third kappa shape index (κ3) is 4.54. The first kappa shape index (κ1) is 19.1. The Morgan fingerprint density at radius 1 is 1.12 bits per heavy atom. The second-order valence-electron chi connectivity index (χ2n) is 6.06. The van der Waals surface area contributed by atoms with Crippen molar-refractivity contribution in [2.75, 3.05) is 32.1 Å². The van der Waals surface area contributed by atoms with E-state index >= 15 is 0 Å². The largest absolute Gasteiger partial charge is 0.486 e. The Kier molecular flexibility index (Phi) is 6.14. The van der Waals surface area contributed by atoms with E-state index in [2.05, 4.69) is 5.32 Å². The summed E-state index contributed by atoms with van der Waals surface area (Å²) in [5, 5.41) is 4.08. The van der Waals surface area contributed by atoms with Gasteiger partial charge in [0.1, 0.15) is 19.8 Å². The zero-order valence-electron chi connectivity index (χ0n) is 14.1. The molecule has 2 aromatic rings. The normalized spacial score (nSPS) is 14.0. The standard InChI is InChI=1S/C18H17Cl3N2O3/c1-23(10-16(24)22-17-12(19)3-2-4-13(17)20)9-11-7-14(21)18-15(8-11)25-5-6-26-18/h2-4,7-8H,5-6,9-10H2,1H3,(H,22,24)/p+1. The molecule has 0 aromatic heterocycles. The highest BCUT2D eigenvalue weighted by Gasteiger charge is 2.19. The number of halogens is 3. The molecule has 1 heterocycles. The van der Waals surface area contributed by atoms with E-state index in [9.17, 15) is 4.79 Å². The van der Waals surface area contributed by atoms with E-state index in [-0.39, 0.29) is 12.5 Å². The minimum atomic E-state index is -0.179. The van der Waals surface area contributed by atoms with Crippen LogP contribution >= 0.6 is 34.8 Å². The molecule has 0 saturated carbocycles. The average Bonchev–Trinajstić information content (AvgIpc) is 2.58. The molecule has 1 aliphatic rings. The minimum absolute atomic E-state index is 0.179. The molecule has 8 heteroatoms. The molecule has 1 amide bonds. The number of likely N-dealkylation sites (N-methyl/N-ethyl adjacent to an activating group) is 1. The Balaban J connectivity index is 1.63. The maximum atomic E-state index is 12.3. The summed E-state index contributed by atoms with van der Waals surface area (Å²) in [6.07, 6.45) is 0. The van der Waals surface area contributed by atoms with Crippen molar-refractivity contribution in [3.63, 3.8) is 0 Å². The molecule has 2 aromatic carbocycles. The fourth-order valence-corrected chi connectivity index (χ4v) is 3.53. The molecule has 1 atom stereocenters. The number of hydrogen-bond acceptors (Lipinski definition) is 3. The zero-order chi connectivity index (χ0) is 18.7. The van der Waals surface area contributed by atoms with Crippen LogP contribution in [0, 0.1) is 0 Å². The van der Waals surface area contributed by atoms with Gasteiger partial charge in [0.25, 0.3) is 5.91 Å². The number of carbonyl (C=O) groups is 1. The summed E-state index contributed by atoms with van der Waals surface area (Å²) in [5.41, 5.74) is 1.39. The highest BCUT2D eigenvalue weighted by molar-refractivity contribution is 6.39. The molecule has 0 bridgehead atoms. The Labute approximate surface area is 166 Å². The fourth-order valence-electron chi connectivity index (χ4n) is 2.75. The van der Waals surface area contributed by atoms with Crippen LogP contribution < -0.4 is 19.7 Å². The maximum Gasteiger partial charge on any atom is 0.279 e. The van der Waals surface area contributed by atoms with Crippen molar-refractivity contribution in [2.24, 2.45) is 0 Å². The van der Waals surface area contributed by atoms with E-state index in [0.29, 0.717) is 52.0 Å². The van der Waals surface area contributed by atoms with Gasteiger partial charge in [-0.05, 0) is 24.3 Å². The van der Waals surface area contributed by atoms with E-state index in [1.54, 1.807) is 18.2 Å². The molecule has 0 fully saturated rings. The third-order valence-electron chi connectivity index (χ3n) is 3.85. The molecule has 5 nitrogen and oxygen atoms in total. The zero-order valence-corrected chi connectivity index (χ0v) is 16.3. The first-order valence-corrected chi connectivity index (χ1v) is 9.20. The summed E-state index contributed by atoms with van der Waals surface area (Å²) in [5.74, 6) is 1.03. The van der Waals surface area contributed by atoms with Gasteiger partial charge in [-0.2, -0.15) is 0 Å². The molecule has 3 rings (SSSR count). The van der Waals surface area contributed by atoms with Crippen molar-refractivity contribution in [2.45, 2.75) is 6.54 Å². The van der Waals surface area contributed by atoms with Crippen LogP contribution in [0.3, 0.4) is 0 Å². The van der Waals surface area contributed by atoms with Crippen LogP contribution in [0.5, 0.6) is 11.5 Å². The van der Waals surface area contributed by atoms with Gasteiger partial charge in [0.15, 0.2) is 18.0 Å². The number of nitrogens with one attached hydrogen (secondary N) is 2. The molecule has 1 unspecified atom stereocenters. The van der Waals surface area contributed by atoms with Gasteiger partial charge in [0.2, 0.25) is 0 Å². The number of ether oxygens (including phenoxy) is 2. The number of rotatable bonds is 5. The van der Waals surface area contributed by atoms with Crippen LogP contribution in [-0.2, 0) is 11.3 Å². The van der Waals surface area contributed by atoms with E-state index in [1.165, 1.54) is 0 Å². The topological polar surface area (TPSA) is 52.0 Å². The number of carbonyl (C=O) groups excluding carboxylic acids is 1. The number of anilines is 1. The van der Waals surface area contributed by atoms with Crippen LogP contribution in [0.2, 0.25) is 15.1 Å². The van der Waals surface area contributed by atoms with Gasteiger partial charge < -0.3 is 19.7 Å². The fraction of sp³-hybridized carbons (Fsp3) is 0.278. The minimum Gasteiger partial charge on any atom is -0.486 e. The van der Waals surface area contributed by atoms with E-state index in [0.717, 1.165) is 10.5 Å². The maximum absolute atomic E-state index is 12.3. The summed E-state index contributed by atoms with van der Waals surface area (Å²) in [6, 6.07) is 8.81. The smallest absolute Gasteiger partial charge is 0.279 e. The number of benzene rings is 2. The molecular formula is C18H18Cl3N2O3+. The molecule has 26 heavy (non-hydrogen) atoms. The van der Waals surface area contributed by atoms with Gasteiger partial charge in [-0.25, -0.2) is 0 Å². The molecule has 2 N–H and O–H groups in total. The average molecular weight is 417 g/mol. The molecule has 0 spiro atoms. The van der Waals surface area contributed by atoms with Gasteiger partial charge in [0.05, 0.1) is 27.8 Å². The van der Waals surface area contributed by atoms with E-state index in [4.69, 9.17) is 44.3 Å². The molecular weight excluding hydrogens is 399 g/mol. The van der Waals surface area contributed by atoms with Gasteiger partial charge in [-0.1, -0.05) is 40.9 Å². The second-order valence-corrected chi connectivity index (χ2v) is 7.28. The molecule has 138 valence electrons. The van der Waals surface area contributed by atoms with Gasteiger partial charge >= 0.3 is 0 Å². The van der Waals surface area contributed by atoms with Crippen LogP contribution in [0.4, 0.5) is 5.69 Å². The lowest BCUT2D eigenvalue weighted by Crippen LogP contribution is -3.08. The highest BCUT2D eigenvalue weighted by atomic mass is 35.5. The summed E-state index contributed by atoms with van der Waals surface area (Å²) in [4.78, 5) is 13.3. The molecule has 0 saturated heterocycles. The van der Waals surface area contributed by atoms with Crippen molar-refractivity contribution in [3.05, 3.63) is 51.0 Å². The predicted octanol–water partition coefficient (Wildman–Crippen LogP) is 3.07. The van der Waals surface area contributed by atoms with E-state index in [1.807, 2.05) is 19.2 Å². The van der Waals surface area contributed by atoms with Crippen LogP contribution in [0.15, 0.2) is 30.3 Å². The number of fused-ring (bicyclic) bond motifs is 1. The van der Waals surface area contributed by atoms with Crippen molar-refractivity contribution in [3.8, 4) is 11.5 Å². The van der Waals surface area contributed by atoms with Crippen LogP contribution in [0.1, 0.15) is 5.56 Å². The van der Waals surface area contributed by atoms with Gasteiger partial charge in [-0.15, -0.1) is 0 Å². The summed E-state index contributed by atoms with van der Waals surface area (Å²) in [6.45, 7) is 1.83. The number of para-hydroxylation sites is 1. The SMILES string of the molecule is C[NH+](CC(=O)Nc1c(Cl)cccc1Cl)Cc1cc(Cl)c2c(c1)OCCO2. The first-order valence-electron chi connectivity index (χ1n) is 8.07. The molecule has 0 radical (unpaired) electrons. The monoisotopic (exact) mass is 415 g/mol. The number of hydrogen-bond donors (Lipinski definition) is 2. The lowest BCUT2D eigenvalue weighted by molar-refractivity contribution is -0.885. The van der Waals surface area contributed by atoms with Crippen molar-refractivity contribution in [1.82, 2.24) is 0 Å². The molecule has 0 aliphatic carbocycles. The Bertz CT molecular complexity index is 809. The van der Waals surface area contributed by atoms with Gasteiger partial charge in [-0.3, -0.25) is 4.79 Å².